The van der Waals surface area contributed by atoms with Crippen LogP contribution in [-0.4, -0.2) is 53.8 Å². The lowest BCUT2D eigenvalue weighted by molar-refractivity contribution is -0.151. The first kappa shape index (κ1) is 26.1. The van der Waals surface area contributed by atoms with Gasteiger partial charge in [-0.25, -0.2) is 4.79 Å². The lowest BCUT2D eigenvalue weighted by Gasteiger charge is -2.21. The van der Waals surface area contributed by atoms with Crippen molar-refractivity contribution in [1.82, 2.24) is 0 Å². The van der Waals surface area contributed by atoms with Gasteiger partial charge in [0.05, 0.1) is 6.61 Å². The van der Waals surface area contributed by atoms with Crippen molar-refractivity contribution in [3.63, 3.8) is 0 Å². The maximum atomic E-state index is 13.1. The average molecular weight is 483 g/mol. The number of ether oxygens (including phenoxy) is 3. The van der Waals surface area contributed by atoms with Gasteiger partial charge in [0.1, 0.15) is 11.5 Å². The molecule has 3 rings (SSSR count). The van der Waals surface area contributed by atoms with Crippen molar-refractivity contribution in [3.05, 3.63) is 58.7 Å². The van der Waals surface area contributed by atoms with Crippen molar-refractivity contribution in [3.8, 4) is 11.5 Å². The standard InChI is InChI=1S/C27H30O8/c1-16(29)17(2)34-19-8-10-21-23(14-19)25(30)22-11-9-20(15-24(22)26(21)31)35-18(3)27(32)33-13-7-5-4-6-12-28/h8-11,14-15,17-18,28H,4-7,12-13H2,1-3H3. The number of carbonyl (C=O) groups is 4. The zero-order chi connectivity index (χ0) is 25.5. The highest BCUT2D eigenvalue weighted by atomic mass is 16.6. The van der Waals surface area contributed by atoms with Crippen LogP contribution in [0, 0.1) is 0 Å². The SMILES string of the molecule is CC(=O)C(C)Oc1ccc2c(c1)C(=O)c1ccc(OC(C)C(=O)OCCCCCCO)cc1C2=O. The number of aliphatic hydroxyl groups excluding tert-OH is 1. The molecule has 8 heteroatoms. The van der Waals surface area contributed by atoms with E-state index in [9.17, 15) is 19.2 Å². The van der Waals surface area contributed by atoms with Crippen molar-refractivity contribution in [2.45, 2.75) is 58.7 Å². The number of esters is 1. The molecule has 8 nitrogen and oxygen atoms in total. The fraction of sp³-hybridized carbons (Fsp3) is 0.407. The topological polar surface area (TPSA) is 116 Å². The highest BCUT2D eigenvalue weighted by molar-refractivity contribution is 6.28. The zero-order valence-electron chi connectivity index (χ0n) is 20.2. The summed E-state index contributed by atoms with van der Waals surface area (Å²) in [5, 5.41) is 8.78. The smallest absolute Gasteiger partial charge is 0.347 e. The van der Waals surface area contributed by atoms with Crippen LogP contribution < -0.4 is 9.47 Å². The molecular formula is C27H30O8. The molecule has 1 aliphatic rings. The lowest BCUT2D eigenvalue weighted by Crippen LogP contribution is -2.27. The third-order valence-corrected chi connectivity index (χ3v) is 5.79. The Hall–Kier alpha value is -3.52. The van der Waals surface area contributed by atoms with E-state index in [-0.39, 0.29) is 58.6 Å². The minimum Gasteiger partial charge on any atom is -0.483 e. The highest BCUT2D eigenvalue weighted by Crippen LogP contribution is 2.32. The second-order valence-corrected chi connectivity index (χ2v) is 8.51. The Morgan fingerprint density at radius 2 is 1.29 bits per heavy atom. The summed E-state index contributed by atoms with van der Waals surface area (Å²) in [6, 6.07) is 9.03. The Bertz CT molecular complexity index is 1120. The molecule has 186 valence electrons. The monoisotopic (exact) mass is 482 g/mol. The van der Waals surface area contributed by atoms with Crippen molar-refractivity contribution in [2.24, 2.45) is 0 Å². The Balaban J connectivity index is 1.68. The van der Waals surface area contributed by atoms with E-state index in [4.69, 9.17) is 19.3 Å². The molecule has 0 spiro atoms. The van der Waals surface area contributed by atoms with Crippen LogP contribution in [0.1, 0.15) is 78.3 Å². The number of hydrogen-bond acceptors (Lipinski definition) is 8. The van der Waals surface area contributed by atoms with Crippen molar-refractivity contribution < 1.29 is 38.5 Å². The van der Waals surface area contributed by atoms with E-state index in [1.807, 2.05) is 0 Å². The van der Waals surface area contributed by atoms with Gasteiger partial charge in [-0.15, -0.1) is 0 Å². The molecular weight excluding hydrogens is 452 g/mol. The molecule has 35 heavy (non-hydrogen) atoms. The van der Waals surface area contributed by atoms with Crippen molar-refractivity contribution >= 4 is 23.3 Å². The molecule has 2 atom stereocenters. The first-order valence-corrected chi connectivity index (χ1v) is 11.7. The summed E-state index contributed by atoms with van der Waals surface area (Å²) in [4.78, 5) is 49.9. The van der Waals surface area contributed by atoms with Crippen molar-refractivity contribution in [1.29, 1.82) is 0 Å². The summed E-state index contributed by atoms with van der Waals surface area (Å²) in [6.07, 6.45) is 1.59. The van der Waals surface area contributed by atoms with Crippen LogP contribution in [0.2, 0.25) is 0 Å². The molecule has 0 saturated heterocycles. The van der Waals surface area contributed by atoms with E-state index >= 15 is 0 Å². The van der Waals surface area contributed by atoms with E-state index < -0.39 is 18.2 Å². The number of ketones is 3. The number of aliphatic hydroxyl groups is 1. The van der Waals surface area contributed by atoms with Gasteiger partial charge in [-0.2, -0.15) is 0 Å². The molecule has 1 N–H and O–H groups in total. The van der Waals surface area contributed by atoms with Gasteiger partial charge in [0.15, 0.2) is 29.6 Å². The molecule has 2 aromatic carbocycles. The summed E-state index contributed by atoms with van der Waals surface area (Å²) in [7, 11) is 0. The number of hydrogen-bond donors (Lipinski definition) is 1. The number of Topliss-reactive ketones (excluding diaryl/α,β-unsaturated/α-hetero) is 1. The van der Waals surface area contributed by atoms with Crippen LogP contribution in [0.5, 0.6) is 11.5 Å². The second kappa shape index (κ2) is 11.8. The molecule has 0 aliphatic heterocycles. The number of benzene rings is 2. The Morgan fingerprint density at radius 3 is 1.80 bits per heavy atom. The first-order chi connectivity index (χ1) is 16.7. The average Bonchev–Trinajstić information content (AvgIpc) is 2.84. The largest absolute Gasteiger partial charge is 0.483 e. The molecule has 0 radical (unpaired) electrons. The van der Waals surface area contributed by atoms with Crippen LogP contribution in [0.4, 0.5) is 0 Å². The molecule has 0 fully saturated rings. The first-order valence-electron chi connectivity index (χ1n) is 11.7. The Morgan fingerprint density at radius 1 is 0.771 bits per heavy atom. The molecule has 0 amide bonds. The van der Waals surface area contributed by atoms with Gasteiger partial charge in [-0.3, -0.25) is 14.4 Å². The molecule has 0 saturated carbocycles. The van der Waals surface area contributed by atoms with Gasteiger partial charge in [-0.1, -0.05) is 6.42 Å². The fourth-order valence-electron chi connectivity index (χ4n) is 3.65. The second-order valence-electron chi connectivity index (χ2n) is 8.51. The summed E-state index contributed by atoms with van der Waals surface area (Å²) >= 11 is 0. The number of carbonyl (C=O) groups excluding carboxylic acids is 4. The molecule has 0 bridgehead atoms. The molecule has 0 aromatic heterocycles. The molecule has 2 aromatic rings. The zero-order valence-corrected chi connectivity index (χ0v) is 20.2. The van der Waals surface area contributed by atoms with Gasteiger partial charge in [0.2, 0.25) is 0 Å². The minimum atomic E-state index is -0.893. The third kappa shape index (κ3) is 6.33. The van der Waals surface area contributed by atoms with Crippen LogP contribution >= 0.6 is 0 Å². The maximum absolute atomic E-state index is 13.1. The summed E-state index contributed by atoms with van der Waals surface area (Å²) < 4.78 is 16.5. The Labute approximate surface area is 204 Å². The number of unbranched alkanes of at least 4 members (excludes halogenated alkanes) is 3. The summed E-state index contributed by atoms with van der Waals surface area (Å²) in [6.45, 7) is 5.00. The van der Waals surface area contributed by atoms with Gasteiger partial charge in [0, 0.05) is 28.9 Å². The van der Waals surface area contributed by atoms with E-state index in [0.717, 1.165) is 19.3 Å². The van der Waals surface area contributed by atoms with Gasteiger partial charge >= 0.3 is 5.97 Å². The molecule has 1 aliphatic carbocycles. The van der Waals surface area contributed by atoms with Gasteiger partial charge < -0.3 is 19.3 Å². The van der Waals surface area contributed by atoms with E-state index in [1.54, 1.807) is 19.9 Å². The van der Waals surface area contributed by atoms with Crippen LogP contribution in [0.25, 0.3) is 0 Å². The van der Waals surface area contributed by atoms with E-state index in [1.165, 1.54) is 37.3 Å². The quantitative estimate of drug-likeness (QED) is 0.307. The lowest BCUT2D eigenvalue weighted by atomic mass is 9.84. The molecule has 0 heterocycles. The van der Waals surface area contributed by atoms with E-state index in [2.05, 4.69) is 0 Å². The van der Waals surface area contributed by atoms with E-state index in [0.29, 0.717) is 12.2 Å². The summed E-state index contributed by atoms with van der Waals surface area (Å²) in [5.41, 5.74) is 0.858. The maximum Gasteiger partial charge on any atom is 0.347 e. The predicted octanol–water partition coefficient (Wildman–Crippen LogP) is 3.68. The molecule has 2 unspecified atom stereocenters. The van der Waals surface area contributed by atoms with Gasteiger partial charge in [-0.05, 0) is 76.4 Å². The van der Waals surface area contributed by atoms with Crippen LogP contribution in [0.15, 0.2) is 36.4 Å². The minimum absolute atomic E-state index is 0.154. The third-order valence-electron chi connectivity index (χ3n) is 5.79. The van der Waals surface area contributed by atoms with Gasteiger partial charge in [0.25, 0.3) is 0 Å². The highest BCUT2D eigenvalue weighted by Gasteiger charge is 2.31. The number of rotatable bonds is 12. The fourth-order valence-corrected chi connectivity index (χ4v) is 3.65. The van der Waals surface area contributed by atoms with Crippen LogP contribution in [-0.2, 0) is 14.3 Å². The summed E-state index contributed by atoms with van der Waals surface area (Å²) in [5.74, 6) is -0.753. The Kier molecular flexibility index (Phi) is 8.76. The normalized spacial score (nSPS) is 13.9. The van der Waals surface area contributed by atoms with Crippen LogP contribution in [0.3, 0.4) is 0 Å². The number of fused-ring (bicyclic) bond motifs is 2. The van der Waals surface area contributed by atoms with Crippen molar-refractivity contribution in [2.75, 3.05) is 13.2 Å². The predicted molar refractivity (Wildman–Crippen MR) is 127 cm³/mol.